The van der Waals surface area contributed by atoms with Gasteiger partial charge >= 0.3 is 0 Å². The summed E-state index contributed by atoms with van der Waals surface area (Å²) in [5.74, 6) is 1.28. The molecule has 1 aromatic heterocycles. The van der Waals surface area contributed by atoms with Crippen molar-refractivity contribution in [3.63, 3.8) is 0 Å². The summed E-state index contributed by atoms with van der Waals surface area (Å²) in [7, 11) is 4.00. The summed E-state index contributed by atoms with van der Waals surface area (Å²) in [5, 5.41) is 11.8. The lowest BCUT2D eigenvalue weighted by Crippen LogP contribution is -2.34. The molecule has 1 N–H and O–H groups in total. The molecule has 34 heavy (non-hydrogen) atoms. The Morgan fingerprint density at radius 1 is 1.12 bits per heavy atom. The zero-order chi connectivity index (χ0) is 23.9. The highest BCUT2D eigenvalue weighted by Gasteiger charge is 2.22. The van der Waals surface area contributed by atoms with Crippen LogP contribution in [-0.4, -0.2) is 46.5 Å². The number of carbonyl (C=O) groups is 1. The lowest BCUT2D eigenvalue weighted by molar-refractivity contribution is -0.123. The number of nitrogens with one attached hydrogen (secondary N) is 1. The highest BCUT2D eigenvalue weighted by atomic mass is 16.5. The van der Waals surface area contributed by atoms with Crippen molar-refractivity contribution in [3.8, 4) is 5.75 Å². The summed E-state index contributed by atoms with van der Waals surface area (Å²) in [6.07, 6.45) is 5.78. The summed E-state index contributed by atoms with van der Waals surface area (Å²) in [5.41, 5.74) is 2.90. The van der Waals surface area contributed by atoms with E-state index < -0.39 is 0 Å². The first-order chi connectivity index (χ1) is 16.5. The van der Waals surface area contributed by atoms with E-state index in [-0.39, 0.29) is 17.9 Å². The van der Waals surface area contributed by atoms with Gasteiger partial charge in [-0.3, -0.25) is 4.79 Å². The van der Waals surface area contributed by atoms with Crippen LogP contribution in [0.1, 0.15) is 55.0 Å². The predicted octanol–water partition coefficient (Wildman–Crippen LogP) is 4.18. The number of nitrogens with zero attached hydrogens (tertiary/aromatic N) is 4. The average molecular weight is 462 g/mol. The first-order valence-corrected chi connectivity index (χ1v) is 12.1. The first-order valence-electron chi connectivity index (χ1n) is 12.1. The highest BCUT2D eigenvalue weighted by Crippen LogP contribution is 2.28. The second kappa shape index (κ2) is 11.3. The van der Waals surface area contributed by atoms with E-state index in [1.54, 1.807) is 4.68 Å². The van der Waals surface area contributed by atoms with Gasteiger partial charge in [-0.15, -0.1) is 5.10 Å². The fourth-order valence-electron chi connectivity index (χ4n) is 4.11. The third-order valence-electron chi connectivity index (χ3n) is 6.44. The highest BCUT2D eigenvalue weighted by molar-refractivity contribution is 5.83. The Labute approximate surface area is 202 Å². The van der Waals surface area contributed by atoms with Gasteiger partial charge in [-0.25, -0.2) is 4.68 Å². The molecule has 1 saturated carbocycles. The van der Waals surface area contributed by atoms with Crippen LogP contribution < -0.4 is 10.1 Å². The Hall–Kier alpha value is -3.19. The molecule has 0 unspecified atom stereocenters. The van der Waals surface area contributed by atoms with Crippen LogP contribution in [0.3, 0.4) is 0 Å². The number of amides is 1. The molecule has 1 aliphatic carbocycles. The minimum Gasteiger partial charge on any atom is -0.493 e. The lowest BCUT2D eigenvalue weighted by atomic mass is 9.86. The van der Waals surface area contributed by atoms with Crippen LogP contribution in [0.5, 0.6) is 5.75 Å². The molecule has 2 atom stereocenters. The van der Waals surface area contributed by atoms with Gasteiger partial charge in [0.2, 0.25) is 5.91 Å². The number of carbonyl (C=O) groups excluding carboxylic acids is 1. The molecule has 0 bridgehead atoms. The normalized spacial score (nSPS) is 15.5. The largest absolute Gasteiger partial charge is 0.493 e. The standard InChI is InChI=1S/C27H35N5O2/c1-20(22-10-5-4-6-11-22)27(33)28-26(18-32-17-24(29-30-32)16-31(2)3)23-12-14-25(15-13-23)34-19-21-8-7-9-21/h4-6,10-15,17,20-21,26H,7-9,16,18-19H2,1-3H3,(H,28,33)/t20-,26-/m0/s1. The SMILES string of the molecule is C[C@H](C(=O)N[C@@H](Cn1cc(CN(C)C)nn1)c1ccc(OCC2CCC2)cc1)c1ccccc1. The maximum Gasteiger partial charge on any atom is 0.227 e. The van der Waals surface area contributed by atoms with Crippen molar-refractivity contribution in [2.75, 3.05) is 20.7 Å². The third kappa shape index (κ3) is 6.44. The summed E-state index contributed by atoms with van der Waals surface area (Å²) in [6, 6.07) is 17.7. The molecule has 1 aliphatic rings. The molecule has 7 heteroatoms. The molecule has 1 amide bonds. The van der Waals surface area contributed by atoms with E-state index >= 15 is 0 Å². The van der Waals surface area contributed by atoms with Crippen LogP contribution in [0, 0.1) is 5.92 Å². The Morgan fingerprint density at radius 3 is 2.50 bits per heavy atom. The molecule has 3 aromatic rings. The van der Waals surface area contributed by atoms with Gasteiger partial charge in [-0.05, 0) is 63.0 Å². The number of benzene rings is 2. The van der Waals surface area contributed by atoms with Gasteiger partial charge in [0.25, 0.3) is 0 Å². The Balaban J connectivity index is 1.48. The van der Waals surface area contributed by atoms with E-state index in [1.165, 1.54) is 19.3 Å². The van der Waals surface area contributed by atoms with Crippen molar-refractivity contribution in [1.29, 1.82) is 0 Å². The van der Waals surface area contributed by atoms with E-state index in [1.807, 2.05) is 81.8 Å². The van der Waals surface area contributed by atoms with Crippen molar-refractivity contribution in [2.45, 2.75) is 51.2 Å². The smallest absolute Gasteiger partial charge is 0.227 e. The van der Waals surface area contributed by atoms with E-state index in [2.05, 4.69) is 20.5 Å². The van der Waals surface area contributed by atoms with E-state index in [9.17, 15) is 4.79 Å². The van der Waals surface area contributed by atoms with Gasteiger partial charge in [0.05, 0.1) is 30.8 Å². The van der Waals surface area contributed by atoms with Gasteiger partial charge in [0.15, 0.2) is 0 Å². The predicted molar refractivity (Wildman–Crippen MR) is 132 cm³/mol. The molecule has 0 saturated heterocycles. The molecular formula is C27H35N5O2. The second-order valence-electron chi connectivity index (χ2n) is 9.54. The van der Waals surface area contributed by atoms with Crippen molar-refractivity contribution >= 4 is 5.91 Å². The van der Waals surface area contributed by atoms with Crippen molar-refractivity contribution < 1.29 is 9.53 Å². The minimum atomic E-state index is -0.256. The van der Waals surface area contributed by atoms with E-state index in [0.29, 0.717) is 12.5 Å². The zero-order valence-corrected chi connectivity index (χ0v) is 20.4. The molecule has 0 aliphatic heterocycles. The van der Waals surface area contributed by atoms with Gasteiger partial charge in [-0.2, -0.15) is 0 Å². The quantitative estimate of drug-likeness (QED) is 0.464. The molecule has 1 heterocycles. The fourth-order valence-corrected chi connectivity index (χ4v) is 4.11. The van der Waals surface area contributed by atoms with Crippen molar-refractivity contribution in [3.05, 3.63) is 77.6 Å². The first kappa shape index (κ1) is 24.0. The van der Waals surface area contributed by atoms with Crippen molar-refractivity contribution in [2.24, 2.45) is 5.92 Å². The molecule has 7 nitrogen and oxygen atoms in total. The molecule has 0 spiro atoms. The van der Waals surface area contributed by atoms with Crippen LogP contribution in [-0.2, 0) is 17.9 Å². The average Bonchev–Trinajstić information content (AvgIpc) is 3.24. The number of hydrogen-bond acceptors (Lipinski definition) is 5. The maximum atomic E-state index is 13.2. The van der Waals surface area contributed by atoms with Gasteiger partial charge in [0.1, 0.15) is 5.75 Å². The Kier molecular flexibility index (Phi) is 7.95. The van der Waals surface area contributed by atoms with Crippen LogP contribution in [0.4, 0.5) is 0 Å². The Bertz CT molecular complexity index is 1040. The molecule has 2 aromatic carbocycles. The number of ether oxygens (including phenoxy) is 1. The lowest BCUT2D eigenvalue weighted by Gasteiger charge is -2.25. The number of hydrogen-bond donors (Lipinski definition) is 1. The van der Waals surface area contributed by atoms with Gasteiger partial charge in [-0.1, -0.05) is 54.1 Å². The van der Waals surface area contributed by atoms with Gasteiger partial charge < -0.3 is 15.0 Å². The monoisotopic (exact) mass is 461 g/mol. The molecule has 0 radical (unpaired) electrons. The van der Waals surface area contributed by atoms with E-state index in [0.717, 1.165) is 35.7 Å². The molecule has 180 valence electrons. The third-order valence-corrected chi connectivity index (χ3v) is 6.44. The van der Waals surface area contributed by atoms with Crippen molar-refractivity contribution in [1.82, 2.24) is 25.2 Å². The van der Waals surface area contributed by atoms with Crippen LogP contribution >= 0.6 is 0 Å². The van der Waals surface area contributed by atoms with Crippen LogP contribution in [0.15, 0.2) is 60.8 Å². The number of rotatable bonds is 11. The summed E-state index contributed by atoms with van der Waals surface area (Å²) < 4.78 is 7.76. The fraction of sp³-hybridized carbons (Fsp3) is 0.444. The molecular weight excluding hydrogens is 426 g/mol. The maximum absolute atomic E-state index is 13.2. The van der Waals surface area contributed by atoms with Gasteiger partial charge in [0, 0.05) is 12.7 Å². The minimum absolute atomic E-state index is 0.0184. The molecule has 1 fully saturated rings. The summed E-state index contributed by atoms with van der Waals surface area (Å²) in [4.78, 5) is 15.2. The Morgan fingerprint density at radius 2 is 1.85 bits per heavy atom. The summed E-state index contributed by atoms with van der Waals surface area (Å²) in [6.45, 7) is 3.93. The van der Waals surface area contributed by atoms with Crippen LogP contribution in [0.2, 0.25) is 0 Å². The number of aromatic nitrogens is 3. The van der Waals surface area contributed by atoms with Crippen LogP contribution in [0.25, 0.3) is 0 Å². The topological polar surface area (TPSA) is 72.3 Å². The zero-order valence-electron chi connectivity index (χ0n) is 20.4. The molecule has 4 rings (SSSR count). The second-order valence-corrected chi connectivity index (χ2v) is 9.54. The van der Waals surface area contributed by atoms with E-state index in [4.69, 9.17) is 4.74 Å². The summed E-state index contributed by atoms with van der Waals surface area (Å²) >= 11 is 0.